The smallest absolute Gasteiger partial charge is 0.191 e. The fraction of sp³-hybridized carbons (Fsp3) is 0.667. The van der Waals surface area contributed by atoms with Gasteiger partial charge in [0.15, 0.2) is 5.96 Å². The summed E-state index contributed by atoms with van der Waals surface area (Å²) in [5.74, 6) is 0.905. The molecule has 2 N–H and O–H groups in total. The lowest BCUT2D eigenvalue weighted by atomic mass is 10.1. The Hall–Kier alpha value is -1.59. The second-order valence-corrected chi connectivity index (χ2v) is 7.95. The summed E-state index contributed by atoms with van der Waals surface area (Å²) in [7, 11) is 4.21. The molecule has 1 aromatic carbocycles. The highest BCUT2D eigenvalue weighted by Gasteiger charge is 2.24. The van der Waals surface area contributed by atoms with Gasteiger partial charge in [-0.3, -0.25) is 9.89 Å². The maximum atomic E-state index is 4.83. The Labute approximate surface area is 159 Å². The lowest BCUT2D eigenvalue weighted by molar-refractivity contribution is 0.204. The van der Waals surface area contributed by atoms with E-state index >= 15 is 0 Å². The maximum absolute atomic E-state index is 4.83. The van der Waals surface area contributed by atoms with Crippen LogP contribution in [-0.2, 0) is 0 Å². The van der Waals surface area contributed by atoms with Crippen molar-refractivity contribution in [3.63, 3.8) is 0 Å². The third-order valence-corrected chi connectivity index (χ3v) is 5.41. The normalized spacial score (nSPS) is 17.5. The van der Waals surface area contributed by atoms with Crippen LogP contribution in [0.15, 0.2) is 35.3 Å². The number of rotatable bonds is 8. The van der Waals surface area contributed by atoms with Crippen LogP contribution in [0, 0.1) is 0 Å². The first-order chi connectivity index (χ1) is 12.4. The van der Waals surface area contributed by atoms with Crippen molar-refractivity contribution in [1.82, 2.24) is 20.4 Å². The van der Waals surface area contributed by atoms with E-state index in [0.717, 1.165) is 25.6 Å². The molecule has 1 atom stereocenters. The highest BCUT2D eigenvalue weighted by Crippen LogP contribution is 2.24. The average molecular weight is 360 g/mol. The standard InChI is InChI=1S/C21H37N5/c1-6-22-20(24-17-21(2,3)25(4)5)23-16-19(26-14-10-11-15-26)18-12-8-7-9-13-18/h7-9,12-13,19H,6,10-11,14-17H2,1-5H3,(H2,22,23,24). The van der Waals surface area contributed by atoms with E-state index in [4.69, 9.17) is 4.99 Å². The van der Waals surface area contributed by atoms with Gasteiger partial charge >= 0.3 is 0 Å². The van der Waals surface area contributed by atoms with Crippen LogP contribution >= 0.6 is 0 Å². The van der Waals surface area contributed by atoms with Gasteiger partial charge in [0.1, 0.15) is 0 Å². The molecule has 0 saturated carbocycles. The van der Waals surface area contributed by atoms with Gasteiger partial charge in [0.05, 0.1) is 12.6 Å². The van der Waals surface area contributed by atoms with Crippen molar-refractivity contribution in [2.75, 3.05) is 46.8 Å². The summed E-state index contributed by atoms with van der Waals surface area (Å²) in [6, 6.07) is 11.2. The van der Waals surface area contributed by atoms with E-state index in [9.17, 15) is 0 Å². The number of likely N-dealkylation sites (N-methyl/N-ethyl adjacent to an activating group) is 1. The van der Waals surface area contributed by atoms with Crippen molar-refractivity contribution in [3.8, 4) is 0 Å². The zero-order chi connectivity index (χ0) is 19.0. The van der Waals surface area contributed by atoms with Crippen LogP contribution in [0.1, 0.15) is 45.2 Å². The van der Waals surface area contributed by atoms with E-state index in [1.165, 1.54) is 31.5 Å². The monoisotopic (exact) mass is 359 g/mol. The van der Waals surface area contributed by atoms with E-state index in [2.05, 4.69) is 85.6 Å². The molecule has 0 spiro atoms. The Morgan fingerprint density at radius 3 is 2.38 bits per heavy atom. The van der Waals surface area contributed by atoms with Crippen LogP contribution in [0.3, 0.4) is 0 Å². The Morgan fingerprint density at radius 2 is 1.81 bits per heavy atom. The molecular formula is C21H37N5. The van der Waals surface area contributed by atoms with Gasteiger partial charge in [-0.2, -0.15) is 0 Å². The molecule has 0 radical (unpaired) electrons. The van der Waals surface area contributed by atoms with Gasteiger partial charge in [0.25, 0.3) is 0 Å². The van der Waals surface area contributed by atoms with Crippen molar-refractivity contribution in [2.24, 2.45) is 4.99 Å². The second-order valence-electron chi connectivity index (χ2n) is 7.95. The lowest BCUT2D eigenvalue weighted by Crippen LogP contribution is -2.45. The first kappa shape index (κ1) is 20.7. The zero-order valence-corrected chi connectivity index (χ0v) is 17.3. The van der Waals surface area contributed by atoms with Gasteiger partial charge in [-0.1, -0.05) is 30.3 Å². The average Bonchev–Trinajstić information content (AvgIpc) is 3.15. The van der Waals surface area contributed by atoms with Gasteiger partial charge in [0, 0.05) is 18.6 Å². The number of benzene rings is 1. The molecule has 1 aliphatic heterocycles. The summed E-state index contributed by atoms with van der Waals surface area (Å²) in [6.45, 7) is 11.4. The van der Waals surface area contributed by atoms with Crippen molar-refractivity contribution < 1.29 is 0 Å². The SMILES string of the molecule is CCNC(=NCC(C)(C)N(C)C)NCC(c1ccccc1)N1CCCC1. The molecule has 5 heteroatoms. The molecule has 0 aromatic heterocycles. The molecule has 1 fully saturated rings. The minimum Gasteiger partial charge on any atom is -0.357 e. The van der Waals surface area contributed by atoms with Crippen LogP contribution < -0.4 is 10.6 Å². The summed E-state index contributed by atoms with van der Waals surface area (Å²) >= 11 is 0. The number of aliphatic imine (C=N–C) groups is 1. The van der Waals surface area contributed by atoms with Crippen LogP contribution in [0.2, 0.25) is 0 Å². The number of likely N-dealkylation sites (tertiary alicyclic amines) is 1. The lowest BCUT2D eigenvalue weighted by Gasteiger charge is -2.31. The fourth-order valence-electron chi connectivity index (χ4n) is 3.14. The number of guanidine groups is 1. The van der Waals surface area contributed by atoms with E-state index < -0.39 is 0 Å². The van der Waals surface area contributed by atoms with Gasteiger partial charge in [0.2, 0.25) is 0 Å². The van der Waals surface area contributed by atoms with Crippen molar-refractivity contribution in [2.45, 2.75) is 45.2 Å². The first-order valence-corrected chi connectivity index (χ1v) is 9.92. The summed E-state index contributed by atoms with van der Waals surface area (Å²) < 4.78 is 0. The molecule has 0 amide bonds. The summed E-state index contributed by atoms with van der Waals surface area (Å²) in [5, 5.41) is 6.98. The fourth-order valence-corrected chi connectivity index (χ4v) is 3.14. The number of hydrogen-bond donors (Lipinski definition) is 2. The van der Waals surface area contributed by atoms with E-state index in [1.807, 2.05) is 0 Å². The van der Waals surface area contributed by atoms with Gasteiger partial charge in [-0.05, 0) is 66.4 Å². The highest BCUT2D eigenvalue weighted by molar-refractivity contribution is 5.79. The molecule has 0 bridgehead atoms. The molecule has 26 heavy (non-hydrogen) atoms. The van der Waals surface area contributed by atoms with E-state index in [-0.39, 0.29) is 5.54 Å². The summed E-state index contributed by atoms with van der Waals surface area (Å²) in [4.78, 5) is 9.65. The molecule has 146 valence electrons. The van der Waals surface area contributed by atoms with Gasteiger partial charge in [-0.25, -0.2) is 0 Å². The molecule has 1 heterocycles. The maximum Gasteiger partial charge on any atom is 0.191 e. The molecule has 1 unspecified atom stereocenters. The first-order valence-electron chi connectivity index (χ1n) is 9.92. The van der Waals surface area contributed by atoms with Crippen LogP contribution in [0.5, 0.6) is 0 Å². The molecule has 1 aliphatic rings. The Morgan fingerprint density at radius 1 is 1.15 bits per heavy atom. The topological polar surface area (TPSA) is 42.9 Å². The van der Waals surface area contributed by atoms with Gasteiger partial charge in [-0.15, -0.1) is 0 Å². The minimum atomic E-state index is 0.0378. The van der Waals surface area contributed by atoms with Crippen LogP contribution in [0.4, 0.5) is 0 Å². The molecule has 1 aromatic rings. The van der Waals surface area contributed by atoms with Crippen molar-refractivity contribution in [1.29, 1.82) is 0 Å². The van der Waals surface area contributed by atoms with Crippen LogP contribution in [0.25, 0.3) is 0 Å². The molecular weight excluding hydrogens is 322 g/mol. The van der Waals surface area contributed by atoms with Gasteiger partial charge < -0.3 is 15.5 Å². The predicted octanol–water partition coefficient (Wildman–Crippen LogP) is 2.72. The summed E-state index contributed by atoms with van der Waals surface area (Å²) in [6.07, 6.45) is 2.60. The number of nitrogens with one attached hydrogen (secondary N) is 2. The Kier molecular flexibility index (Phi) is 7.91. The Balaban J connectivity index is 2.06. The molecule has 5 nitrogen and oxygen atoms in total. The van der Waals surface area contributed by atoms with E-state index in [0.29, 0.717) is 6.04 Å². The Bertz CT molecular complexity index is 547. The highest BCUT2D eigenvalue weighted by atomic mass is 15.2. The van der Waals surface area contributed by atoms with E-state index in [1.54, 1.807) is 0 Å². The molecule has 2 rings (SSSR count). The number of nitrogens with zero attached hydrogens (tertiary/aromatic N) is 3. The van der Waals surface area contributed by atoms with Crippen LogP contribution in [-0.4, -0.2) is 68.1 Å². The van der Waals surface area contributed by atoms with Crippen molar-refractivity contribution >= 4 is 5.96 Å². The quantitative estimate of drug-likeness (QED) is 0.553. The molecule has 0 aliphatic carbocycles. The minimum absolute atomic E-state index is 0.0378. The predicted molar refractivity (Wildman–Crippen MR) is 112 cm³/mol. The third kappa shape index (κ3) is 5.99. The van der Waals surface area contributed by atoms with Crippen molar-refractivity contribution in [3.05, 3.63) is 35.9 Å². The summed E-state index contributed by atoms with van der Waals surface area (Å²) in [5.41, 5.74) is 1.42. The number of hydrogen-bond acceptors (Lipinski definition) is 3. The largest absolute Gasteiger partial charge is 0.357 e. The zero-order valence-electron chi connectivity index (χ0n) is 17.3. The molecule has 1 saturated heterocycles. The third-order valence-electron chi connectivity index (χ3n) is 5.41. The second kappa shape index (κ2) is 9.93.